The molecule has 0 bridgehead atoms. The Balaban J connectivity index is 1.77. The Labute approximate surface area is 123 Å². The van der Waals surface area contributed by atoms with Gasteiger partial charge in [0.2, 0.25) is 5.91 Å². The largest absolute Gasteiger partial charge is 0.358 e. The number of aromatic nitrogens is 4. The van der Waals surface area contributed by atoms with Crippen molar-refractivity contribution in [3.05, 3.63) is 18.1 Å². The molecule has 1 aliphatic rings. The van der Waals surface area contributed by atoms with Crippen molar-refractivity contribution in [1.29, 1.82) is 0 Å². The van der Waals surface area contributed by atoms with Crippen LogP contribution in [0.15, 0.2) is 12.4 Å². The molecule has 1 unspecified atom stereocenters. The van der Waals surface area contributed by atoms with Gasteiger partial charge in [-0.1, -0.05) is 0 Å². The van der Waals surface area contributed by atoms with Crippen molar-refractivity contribution in [2.45, 2.75) is 39.2 Å². The van der Waals surface area contributed by atoms with Gasteiger partial charge in [0.25, 0.3) is 5.78 Å². The van der Waals surface area contributed by atoms with E-state index in [-0.39, 0.29) is 11.9 Å². The number of rotatable bonds is 3. The normalized spacial score (nSPS) is 17.0. The molecule has 0 saturated carbocycles. The number of piperidine rings is 1. The van der Waals surface area contributed by atoms with Gasteiger partial charge in [0.15, 0.2) is 0 Å². The quantitative estimate of drug-likeness (QED) is 0.920. The molecule has 7 nitrogen and oxygen atoms in total. The molecule has 7 heteroatoms. The fourth-order valence-electron chi connectivity index (χ4n) is 2.71. The lowest BCUT2D eigenvalue weighted by Gasteiger charge is -2.29. The zero-order valence-electron chi connectivity index (χ0n) is 12.4. The van der Waals surface area contributed by atoms with E-state index < -0.39 is 0 Å². The van der Waals surface area contributed by atoms with E-state index in [4.69, 9.17) is 0 Å². The number of hydrogen-bond donors (Lipinski definition) is 1. The van der Waals surface area contributed by atoms with Crippen LogP contribution in [-0.2, 0) is 4.79 Å². The summed E-state index contributed by atoms with van der Waals surface area (Å²) in [6.45, 7) is 5.50. The highest BCUT2D eigenvalue weighted by Crippen LogP contribution is 2.14. The molecule has 0 aliphatic carbocycles. The average molecular weight is 288 g/mol. The Morgan fingerprint density at radius 2 is 2.10 bits per heavy atom. The Bertz CT molecular complexity index is 646. The first-order valence-corrected chi connectivity index (χ1v) is 7.38. The second-order valence-corrected chi connectivity index (χ2v) is 5.51. The summed E-state index contributed by atoms with van der Waals surface area (Å²) in [6.07, 6.45) is 4.87. The van der Waals surface area contributed by atoms with Gasteiger partial charge in [-0.15, -0.1) is 0 Å². The minimum absolute atomic E-state index is 0.137. The maximum absolute atomic E-state index is 12.5. The van der Waals surface area contributed by atoms with Crippen molar-refractivity contribution in [2.75, 3.05) is 18.4 Å². The Morgan fingerprint density at radius 1 is 1.33 bits per heavy atom. The molecule has 2 aromatic rings. The van der Waals surface area contributed by atoms with Crippen LogP contribution in [-0.4, -0.2) is 49.5 Å². The lowest BCUT2D eigenvalue weighted by molar-refractivity contribution is -0.132. The van der Waals surface area contributed by atoms with Crippen molar-refractivity contribution in [1.82, 2.24) is 24.5 Å². The molecule has 0 radical (unpaired) electrons. The summed E-state index contributed by atoms with van der Waals surface area (Å²) in [5, 5.41) is 7.38. The first-order valence-electron chi connectivity index (χ1n) is 7.38. The second kappa shape index (κ2) is 5.67. The Kier molecular flexibility index (Phi) is 3.72. The minimum atomic E-state index is -0.294. The molecule has 1 fully saturated rings. The highest BCUT2D eigenvalue weighted by atomic mass is 16.2. The highest BCUT2D eigenvalue weighted by molar-refractivity contribution is 5.84. The van der Waals surface area contributed by atoms with E-state index in [1.54, 1.807) is 4.52 Å². The summed E-state index contributed by atoms with van der Waals surface area (Å²) >= 11 is 0. The first kappa shape index (κ1) is 13.8. The molecule has 21 heavy (non-hydrogen) atoms. The summed E-state index contributed by atoms with van der Waals surface area (Å²) in [5.74, 6) is 1.42. The predicted molar refractivity (Wildman–Crippen MR) is 79.0 cm³/mol. The standard InChI is InChI=1S/C14H20N6O/c1-10-8-12(20-14(17-10)15-9-16-20)18-11(2)13(21)19-6-4-3-5-7-19/h8-9,11,18H,3-7H2,1-2H3. The smallest absolute Gasteiger partial charge is 0.254 e. The van der Waals surface area contributed by atoms with E-state index in [0.29, 0.717) is 5.78 Å². The molecule has 1 atom stereocenters. The molecule has 0 spiro atoms. The van der Waals surface area contributed by atoms with Crippen LogP contribution in [0.1, 0.15) is 31.9 Å². The van der Waals surface area contributed by atoms with Gasteiger partial charge in [0.1, 0.15) is 18.2 Å². The second-order valence-electron chi connectivity index (χ2n) is 5.51. The third-order valence-corrected chi connectivity index (χ3v) is 3.78. The molecular formula is C14H20N6O. The SMILES string of the molecule is Cc1cc(NC(C)C(=O)N2CCCCC2)n2ncnc2n1. The molecular weight excluding hydrogens is 268 g/mol. The van der Waals surface area contributed by atoms with Crippen molar-refractivity contribution >= 4 is 17.5 Å². The summed E-state index contributed by atoms with van der Waals surface area (Å²) in [4.78, 5) is 22.8. The third-order valence-electron chi connectivity index (χ3n) is 3.78. The van der Waals surface area contributed by atoms with Crippen LogP contribution in [0.2, 0.25) is 0 Å². The molecule has 0 aromatic carbocycles. The molecule has 1 aliphatic heterocycles. The molecule has 1 amide bonds. The first-order chi connectivity index (χ1) is 10.1. The number of fused-ring (bicyclic) bond motifs is 1. The van der Waals surface area contributed by atoms with Gasteiger partial charge in [-0.2, -0.15) is 14.6 Å². The van der Waals surface area contributed by atoms with Gasteiger partial charge in [0.05, 0.1) is 0 Å². The van der Waals surface area contributed by atoms with Crippen molar-refractivity contribution in [3.8, 4) is 0 Å². The van der Waals surface area contributed by atoms with E-state index in [0.717, 1.165) is 37.4 Å². The zero-order valence-corrected chi connectivity index (χ0v) is 12.4. The Hall–Kier alpha value is -2.18. The van der Waals surface area contributed by atoms with E-state index >= 15 is 0 Å². The summed E-state index contributed by atoms with van der Waals surface area (Å²) in [7, 11) is 0. The number of carbonyl (C=O) groups excluding carboxylic acids is 1. The van der Waals surface area contributed by atoms with Gasteiger partial charge in [0, 0.05) is 24.8 Å². The number of nitrogens with zero attached hydrogens (tertiary/aromatic N) is 5. The summed E-state index contributed by atoms with van der Waals surface area (Å²) < 4.78 is 1.62. The van der Waals surface area contributed by atoms with E-state index in [1.807, 2.05) is 24.8 Å². The molecule has 1 saturated heterocycles. The van der Waals surface area contributed by atoms with Gasteiger partial charge in [-0.3, -0.25) is 4.79 Å². The van der Waals surface area contributed by atoms with Crippen LogP contribution in [0.3, 0.4) is 0 Å². The Morgan fingerprint density at radius 3 is 2.86 bits per heavy atom. The van der Waals surface area contributed by atoms with Crippen molar-refractivity contribution in [3.63, 3.8) is 0 Å². The average Bonchev–Trinajstić information content (AvgIpc) is 2.95. The van der Waals surface area contributed by atoms with Gasteiger partial charge in [-0.05, 0) is 33.1 Å². The fourth-order valence-corrected chi connectivity index (χ4v) is 2.71. The van der Waals surface area contributed by atoms with Crippen molar-refractivity contribution in [2.24, 2.45) is 0 Å². The van der Waals surface area contributed by atoms with Crippen LogP contribution < -0.4 is 5.32 Å². The number of anilines is 1. The lowest BCUT2D eigenvalue weighted by atomic mass is 10.1. The van der Waals surface area contributed by atoms with Crippen molar-refractivity contribution < 1.29 is 4.79 Å². The van der Waals surface area contributed by atoms with Crippen LogP contribution >= 0.6 is 0 Å². The van der Waals surface area contributed by atoms with E-state index in [9.17, 15) is 4.79 Å². The summed E-state index contributed by atoms with van der Waals surface area (Å²) in [6, 6.07) is 1.58. The van der Waals surface area contributed by atoms with Crippen LogP contribution in [0.5, 0.6) is 0 Å². The number of amides is 1. The maximum Gasteiger partial charge on any atom is 0.254 e. The zero-order chi connectivity index (χ0) is 14.8. The summed E-state index contributed by atoms with van der Waals surface area (Å²) in [5.41, 5.74) is 0.843. The number of nitrogens with one attached hydrogen (secondary N) is 1. The molecule has 1 N–H and O–H groups in total. The van der Waals surface area contributed by atoms with Gasteiger partial charge in [-0.25, -0.2) is 4.98 Å². The van der Waals surface area contributed by atoms with Crippen LogP contribution in [0.25, 0.3) is 5.78 Å². The van der Waals surface area contributed by atoms with E-state index in [2.05, 4.69) is 20.4 Å². The third kappa shape index (κ3) is 2.81. The minimum Gasteiger partial charge on any atom is -0.358 e. The number of hydrogen-bond acceptors (Lipinski definition) is 5. The number of likely N-dealkylation sites (tertiary alicyclic amines) is 1. The lowest BCUT2D eigenvalue weighted by Crippen LogP contribution is -2.44. The van der Waals surface area contributed by atoms with Gasteiger partial charge >= 0.3 is 0 Å². The molecule has 2 aromatic heterocycles. The molecule has 3 heterocycles. The van der Waals surface area contributed by atoms with Crippen LogP contribution in [0, 0.1) is 6.92 Å². The predicted octanol–water partition coefficient (Wildman–Crippen LogP) is 1.25. The molecule has 112 valence electrons. The van der Waals surface area contributed by atoms with E-state index in [1.165, 1.54) is 12.7 Å². The fraction of sp³-hybridized carbons (Fsp3) is 0.571. The number of carbonyl (C=O) groups is 1. The molecule has 3 rings (SSSR count). The highest BCUT2D eigenvalue weighted by Gasteiger charge is 2.22. The topological polar surface area (TPSA) is 75.4 Å². The maximum atomic E-state index is 12.5. The number of aryl methyl sites for hydroxylation is 1. The monoisotopic (exact) mass is 288 g/mol. The van der Waals surface area contributed by atoms with Crippen LogP contribution in [0.4, 0.5) is 5.82 Å². The van der Waals surface area contributed by atoms with Gasteiger partial charge < -0.3 is 10.2 Å².